The fraction of sp³-hybridized carbons (Fsp3) is 0.263. The van der Waals surface area contributed by atoms with Crippen LogP contribution in [0.4, 0.5) is 5.13 Å². The number of halogens is 1. The molecule has 0 atom stereocenters. The highest BCUT2D eigenvalue weighted by molar-refractivity contribution is 7.89. The van der Waals surface area contributed by atoms with E-state index in [0.29, 0.717) is 28.3 Å². The second kappa shape index (κ2) is 9.44. The number of sulfonamides is 1. The standard InChI is InChI=1S/C19H20ClN3O4S3/c1-4-23(5-2)30(25,26)16-10-12(6-7-14(16)27-3)18(24)22-19-21-13(11-28-19)15-8-9-17(20)29-15/h6-11H,4-5H2,1-3H3,(H,21,22,24). The number of hydrogen-bond acceptors (Lipinski definition) is 7. The molecule has 1 aromatic carbocycles. The van der Waals surface area contributed by atoms with E-state index in [9.17, 15) is 13.2 Å². The van der Waals surface area contributed by atoms with Crippen LogP contribution in [0, 0.1) is 0 Å². The van der Waals surface area contributed by atoms with Crippen molar-refractivity contribution in [3.63, 3.8) is 0 Å². The number of benzene rings is 1. The lowest BCUT2D eigenvalue weighted by Gasteiger charge is -2.20. The largest absolute Gasteiger partial charge is 0.495 e. The first-order chi connectivity index (χ1) is 14.3. The quantitative estimate of drug-likeness (QED) is 0.494. The summed E-state index contributed by atoms with van der Waals surface area (Å²) in [5.41, 5.74) is 0.907. The molecule has 7 nitrogen and oxygen atoms in total. The number of hydrogen-bond donors (Lipinski definition) is 1. The Morgan fingerprint density at radius 1 is 1.23 bits per heavy atom. The van der Waals surface area contributed by atoms with Gasteiger partial charge in [0.15, 0.2) is 5.13 Å². The van der Waals surface area contributed by atoms with Crippen molar-refractivity contribution in [3.05, 3.63) is 45.6 Å². The number of thiophene rings is 1. The number of nitrogens with zero attached hydrogens (tertiary/aromatic N) is 2. The van der Waals surface area contributed by atoms with E-state index in [4.69, 9.17) is 16.3 Å². The van der Waals surface area contributed by atoms with Crippen molar-refractivity contribution in [2.45, 2.75) is 18.7 Å². The van der Waals surface area contributed by atoms with E-state index in [1.54, 1.807) is 19.9 Å². The Balaban J connectivity index is 1.87. The van der Waals surface area contributed by atoms with Crippen LogP contribution in [-0.2, 0) is 10.0 Å². The molecule has 3 rings (SSSR count). The van der Waals surface area contributed by atoms with Crippen LogP contribution >= 0.6 is 34.3 Å². The lowest BCUT2D eigenvalue weighted by Crippen LogP contribution is -2.31. The molecule has 2 heterocycles. The summed E-state index contributed by atoms with van der Waals surface area (Å²) in [6.45, 7) is 4.13. The lowest BCUT2D eigenvalue weighted by atomic mass is 10.2. The molecule has 3 aromatic rings. The molecule has 0 saturated heterocycles. The average molecular weight is 486 g/mol. The summed E-state index contributed by atoms with van der Waals surface area (Å²) in [6, 6.07) is 7.97. The number of nitrogens with one attached hydrogen (secondary N) is 1. The van der Waals surface area contributed by atoms with E-state index in [1.807, 2.05) is 11.4 Å². The molecule has 0 fully saturated rings. The van der Waals surface area contributed by atoms with Gasteiger partial charge in [0.05, 0.1) is 22.0 Å². The Hall–Kier alpha value is -1.98. The number of rotatable bonds is 8. The van der Waals surface area contributed by atoms with E-state index in [-0.39, 0.29) is 16.2 Å². The van der Waals surface area contributed by atoms with Crippen molar-refractivity contribution in [1.29, 1.82) is 0 Å². The Morgan fingerprint density at radius 3 is 2.57 bits per heavy atom. The van der Waals surface area contributed by atoms with Crippen LogP contribution in [0.15, 0.2) is 40.6 Å². The van der Waals surface area contributed by atoms with Crippen LogP contribution < -0.4 is 10.1 Å². The first kappa shape index (κ1) is 22.7. The first-order valence-corrected chi connectivity index (χ1v) is 12.5. The second-order valence-electron chi connectivity index (χ2n) is 6.05. The van der Waals surface area contributed by atoms with Gasteiger partial charge in [0.2, 0.25) is 10.0 Å². The molecule has 2 aromatic heterocycles. The monoisotopic (exact) mass is 485 g/mol. The minimum atomic E-state index is -3.80. The maximum atomic E-state index is 13.0. The van der Waals surface area contributed by atoms with Crippen LogP contribution in [0.1, 0.15) is 24.2 Å². The zero-order valence-electron chi connectivity index (χ0n) is 16.5. The summed E-state index contributed by atoms with van der Waals surface area (Å²) in [5.74, 6) is -0.275. The molecule has 0 aliphatic carbocycles. The Bertz CT molecular complexity index is 1150. The number of anilines is 1. The highest BCUT2D eigenvalue weighted by atomic mass is 35.5. The first-order valence-electron chi connectivity index (χ1n) is 9.00. The van der Waals surface area contributed by atoms with Crippen LogP contribution in [0.5, 0.6) is 5.75 Å². The Labute approximate surface area is 188 Å². The molecular weight excluding hydrogens is 466 g/mol. The summed E-state index contributed by atoms with van der Waals surface area (Å²) in [6.07, 6.45) is 0. The van der Waals surface area contributed by atoms with Gasteiger partial charge in [-0.3, -0.25) is 10.1 Å². The van der Waals surface area contributed by atoms with E-state index < -0.39 is 15.9 Å². The summed E-state index contributed by atoms with van der Waals surface area (Å²) in [4.78, 5) is 18.0. The third kappa shape index (κ3) is 4.68. The zero-order chi connectivity index (χ0) is 21.9. The van der Waals surface area contributed by atoms with Crippen LogP contribution in [-0.4, -0.2) is 43.8 Å². The summed E-state index contributed by atoms with van der Waals surface area (Å²) in [5, 5.41) is 4.95. The van der Waals surface area contributed by atoms with Gasteiger partial charge in [0.25, 0.3) is 5.91 Å². The summed E-state index contributed by atoms with van der Waals surface area (Å²) in [7, 11) is -2.41. The van der Waals surface area contributed by atoms with E-state index in [1.165, 1.54) is 52.3 Å². The van der Waals surface area contributed by atoms with E-state index in [0.717, 1.165) is 4.88 Å². The van der Waals surface area contributed by atoms with Crippen molar-refractivity contribution in [1.82, 2.24) is 9.29 Å². The summed E-state index contributed by atoms with van der Waals surface area (Å²) < 4.78 is 33.1. The van der Waals surface area contributed by atoms with Gasteiger partial charge < -0.3 is 4.74 Å². The number of carbonyl (C=O) groups is 1. The van der Waals surface area contributed by atoms with Crippen molar-refractivity contribution >= 4 is 55.3 Å². The van der Waals surface area contributed by atoms with Gasteiger partial charge in [-0.05, 0) is 30.3 Å². The molecule has 0 bridgehead atoms. The molecule has 30 heavy (non-hydrogen) atoms. The maximum Gasteiger partial charge on any atom is 0.257 e. The fourth-order valence-electron chi connectivity index (χ4n) is 2.79. The van der Waals surface area contributed by atoms with Gasteiger partial charge in [-0.15, -0.1) is 22.7 Å². The maximum absolute atomic E-state index is 13.0. The van der Waals surface area contributed by atoms with Gasteiger partial charge in [-0.25, -0.2) is 13.4 Å². The molecule has 11 heteroatoms. The normalized spacial score (nSPS) is 11.6. The lowest BCUT2D eigenvalue weighted by molar-refractivity contribution is 0.102. The smallest absolute Gasteiger partial charge is 0.257 e. The van der Waals surface area contributed by atoms with Gasteiger partial charge in [-0.2, -0.15) is 4.31 Å². The molecule has 0 unspecified atom stereocenters. The number of aromatic nitrogens is 1. The van der Waals surface area contributed by atoms with Crippen molar-refractivity contribution in [3.8, 4) is 16.3 Å². The minimum Gasteiger partial charge on any atom is -0.495 e. The molecule has 0 radical (unpaired) electrons. The number of amides is 1. The number of ether oxygens (including phenoxy) is 1. The molecule has 1 N–H and O–H groups in total. The third-order valence-corrected chi connectivity index (χ3v) is 8.38. The van der Waals surface area contributed by atoms with E-state index in [2.05, 4.69) is 10.3 Å². The average Bonchev–Trinajstić information content (AvgIpc) is 3.37. The Morgan fingerprint density at radius 2 is 1.97 bits per heavy atom. The predicted molar refractivity (Wildman–Crippen MR) is 121 cm³/mol. The molecule has 0 aliphatic heterocycles. The van der Waals surface area contributed by atoms with E-state index >= 15 is 0 Å². The number of carbonyl (C=O) groups excluding carboxylic acids is 1. The molecule has 1 amide bonds. The van der Waals surface area contributed by atoms with Crippen LogP contribution in [0.2, 0.25) is 4.34 Å². The SMILES string of the molecule is CCN(CC)S(=O)(=O)c1cc(C(=O)Nc2nc(-c3ccc(Cl)s3)cs2)ccc1OC. The zero-order valence-corrected chi connectivity index (χ0v) is 19.7. The van der Waals surface area contributed by atoms with Crippen molar-refractivity contribution in [2.75, 3.05) is 25.5 Å². The topological polar surface area (TPSA) is 88.6 Å². The van der Waals surface area contributed by atoms with Crippen LogP contribution in [0.3, 0.4) is 0 Å². The van der Waals surface area contributed by atoms with Gasteiger partial charge >= 0.3 is 0 Å². The van der Waals surface area contributed by atoms with Crippen molar-refractivity contribution in [2.24, 2.45) is 0 Å². The summed E-state index contributed by atoms with van der Waals surface area (Å²) >= 11 is 8.63. The molecular formula is C19H20ClN3O4S3. The number of methoxy groups -OCH3 is 1. The molecule has 0 aliphatic rings. The van der Waals surface area contributed by atoms with Crippen LogP contribution in [0.25, 0.3) is 10.6 Å². The van der Waals surface area contributed by atoms with Gasteiger partial charge in [0, 0.05) is 24.0 Å². The highest BCUT2D eigenvalue weighted by Gasteiger charge is 2.27. The fourth-order valence-corrected chi connectivity index (χ4v) is 6.21. The second-order valence-corrected chi connectivity index (χ2v) is 10.5. The molecule has 160 valence electrons. The van der Waals surface area contributed by atoms with Crippen molar-refractivity contribution < 1.29 is 17.9 Å². The Kier molecular flexibility index (Phi) is 7.14. The minimum absolute atomic E-state index is 0.0468. The molecule has 0 saturated carbocycles. The molecule has 0 spiro atoms. The van der Waals surface area contributed by atoms with Gasteiger partial charge in [-0.1, -0.05) is 25.4 Å². The number of thiazole rings is 1. The predicted octanol–water partition coefficient (Wildman–Crippen LogP) is 4.82. The third-order valence-electron chi connectivity index (χ3n) is 4.30. The highest BCUT2D eigenvalue weighted by Crippen LogP contribution is 2.33. The van der Waals surface area contributed by atoms with Gasteiger partial charge in [0.1, 0.15) is 10.6 Å².